The van der Waals surface area contributed by atoms with E-state index in [1.807, 2.05) is 42.8 Å². The number of carbonyl (C=O) groups excluding carboxylic acids is 1. The monoisotopic (exact) mass is 531 g/mol. The molecule has 4 aromatic rings. The van der Waals surface area contributed by atoms with E-state index in [0.29, 0.717) is 28.9 Å². The highest BCUT2D eigenvalue weighted by Gasteiger charge is 2.31. The van der Waals surface area contributed by atoms with E-state index in [1.54, 1.807) is 30.5 Å². The van der Waals surface area contributed by atoms with Gasteiger partial charge < -0.3 is 10.2 Å². The number of aryl methyl sites for hydroxylation is 1. The van der Waals surface area contributed by atoms with Crippen molar-refractivity contribution in [1.29, 1.82) is 0 Å². The highest BCUT2D eigenvalue weighted by atomic mass is 19.4. The fourth-order valence-electron chi connectivity index (χ4n) is 4.54. The molecule has 2 aromatic carbocycles. The van der Waals surface area contributed by atoms with Crippen molar-refractivity contribution in [2.45, 2.75) is 19.6 Å². The molecule has 0 aliphatic carbocycles. The summed E-state index contributed by atoms with van der Waals surface area (Å²) >= 11 is 0. The lowest BCUT2D eigenvalue weighted by atomic mass is 10.0. The van der Waals surface area contributed by atoms with E-state index < -0.39 is 17.6 Å². The summed E-state index contributed by atoms with van der Waals surface area (Å²) in [5.41, 5.74) is 3.14. The molecule has 9 heteroatoms. The van der Waals surface area contributed by atoms with Gasteiger partial charge in [-0.15, -0.1) is 0 Å². The topological polar surface area (TPSA) is 52.9 Å². The number of aromatic nitrogens is 2. The standard InChI is InChI=1S/C30H28F3N5O/c1-21-6-7-24(17-23(21)8-9-27-19-34-28-5-3-4-10-38(27)28)29(39)35-26-16-22(15-25(18-26)30(31,32)33)20-37-13-11-36(2)12-14-37/h3-7,10,15-19H,11-14,20H2,1-2H3,(H,35,39). The number of piperazine rings is 1. The van der Waals surface area contributed by atoms with Crippen LogP contribution in [-0.2, 0) is 12.7 Å². The van der Waals surface area contributed by atoms with Crippen LogP contribution >= 0.6 is 0 Å². The zero-order valence-corrected chi connectivity index (χ0v) is 21.7. The van der Waals surface area contributed by atoms with Crippen molar-refractivity contribution in [2.75, 3.05) is 38.5 Å². The summed E-state index contributed by atoms with van der Waals surface area (Å²) in [5.74, 6) is 5.70. The number of carbonyl (C=O) groups is 1. The Morgan fingerprint density at radius 2 is 1.82 bits per heavy atom. The first-order valence-corrected chi connectivity index (χ1v) is 12.6. The van der Waals surface area contributed by atoms with Gasteiger partial charge in [-0.3, -0.25) is 14.1 Å². The number of pyridine rings is 1. The maximum absolute atomic E-state index is 13.7. The molecule has 0 radical (unpaired) electrons. The third-order valence-electron chi connectivity index (χ3n) is 6.82. The van der Waals surface area contributed by atoms with Gasteiger partial charge in [0.05, 0.1) is 11.8 Å². The molecule has 0 bridgehead atoms. The summed E-state index contributed by atoms with van der Waals surface area (Å²) < 4.78 is 42.9. The van der Waals surface area contributed by atoms with Crippen LogP contribution in [0.3, 0.4) is 0 Å². The van der Waals surface area contributed by atoms with Crippen molar-refractivity contribution < 1.29 is 18.0 Å². The minimum Gasteiger partial charge on any atom is -0.322 e. The molecule has 3 heterocycles. The maximum Gasteiger partial charge on any atom is 0.416 e. The molecule has 1 aliphatic rings. The van der Waals surface area contributed by atoms with Crippen LogP contribution < -0.4 is 5.32 Å². The largest absolute Gasteiger partial charge is 0.416 e. The van der Waals surface area contributed by atoms with Crippen molar-refractivity contribution >= 4 is 17.2 Å². The van der Waals surface area contributed by atoms with Crippen LogP contribution in [0.4, 0.5) is 18.9 Å². The average molecular weight is 532 g/mol. The molecule has 0 spiro atoms. The van der Waals surface area contributed by atoms with Crippen LogP contribution in [0.1, 0.15) is 38.3 Å². The van der Waals surface area contributed by atoms with Crippen molar-refractivity contribution in [2.24, 2.45) is 0 Å². The zero-order chi connectivity index (χ0) is 27.6. The van der Waals surface area contributed by atoms with Gasteiger partial charge in [0.1, 0.15) is 11.3 Å². The van der Waals surface area contributed by atoms with Crippen molar-refractivity contribution in [1.82, 2.24) is 19.2 Å². The third-order valence-corrected chi connectivity index (χ3v) is 6.82. The van der Waals surface area contributed by atoms with Crippen molar-refractivity contribution in [3.05, 3.63) is 101 Å². The number of rotatable bonds is 4. The lowest BCUT2D eigenvalue weighted by molar-refractivity contribution is -0.137. The second-order valence-electron chi connectivity index (χ2n) is 9.80. The van der Waals surface area contributed by atoms with E-state index in [4.69, 9.17) is 0 Å². The van der Waals surface area contributed by atoms with Gasteiger partial charge >= 0.3 is 6.18 Å². The minimum absolute atomic E-state index is 0.109. The average Bonchev–Trinajstić information content (AvgIpc) is 3.32. The van der Waals surface area contributed by atoms with E-state index in [0.717, 1.165) is 49.5 Å². The Bertz CT molecular complexity index is 1570. The number of benzene rings is 2. The first kappa shape index (κ1) is 26.5. The Morgan fingerprint density at radius 1 is 1.03 bits per heavy atom. The van der Waals surface area contributed by atoms with E-state index >= 15 is 0 Å². The van der Waals surface area contributed by atoms with Gasteiger partial charge in [0.15, 0.2) is 0 Å². The number of imidazole rings is 1. The number of hydrogen-bond donors (Lipinski definition) is 1. The Hall–Kier alpha value is -4.13. The second kappa shape index (κ2) is 10.9. The number of alkyl halides is 3. The van der Waals surface area contributed by atoms with Gasteiger partial charge in [0.25, 0.3) is 5.91 Å². The molecule has 1 saturated heterocycles. The first-order chi connectivity index (χ1) is 18.7. The van der Waals surface area contributed by atoms with Gasteiger partial charge in [-0.1, -0.05) is 18.1 Å². The number of hydrogen-bond acceptors (Lipinski definition) is 4. The Kier molecular flexibility index (Phi) is 7.42. The van der Waals surface area contributed by atoms with Gasteiger partial charge in [-0.2, -0.15) is 13.2 Å². The Morgan fingerprint density at radius 3 is 2.59 bits per heavy atom. The number of fused-ring (bicyclic) bond motifs is 1. The predicted molar refractivity (Wildman–Crippen MR) is 145 cm³/mol. The minimum atomic E-state index is -4.53. The first-order valence-electron chi connectivity index (χ1n) is 12.6. The zero-order valence-electron chi connectivity index (χ0n) is 21.7. The summed E-state index contributed by atoms with van der Waals surface area (Å²) in [7, 11) is 2.02. The van der Waals surface area contributed by atoms with Crippen LogP contribution in [-0.4, -0.2) is 58.3 Å². The maximum atomic E-state index is 13.7. The summed E-state index contributed by atoms with van der Waals surface area (Å²) in [6.45, 7) is 5.54. The van der Waals surface area contributed by atoms with E-state index in [9.17, 15) is 18.0 Å². The fraction of sp³-hybridized carbons (Fsp3) is 0.267. The van der Waals surface area contributed by atoms with Crippen molar-refractivity contribution in [3.8, 4) is 11.8 Å². The molecule has 0 saturated carbocycles. The highest BCUT2D eigenvalue weighted by molar-refractivity contribution is 6.04. The molecule has 2 aromatic heterocycles. The second-order valence-corrected chi connectivity index (χ2v) is 9.80. The SMILES string of the molecule is Cc1ccc(C(=O)Nc2cc(CN3CCN(C)CC3)cc(C(F)(F)F)c2)cc1C#Cc1cnc2ccccn12. The Balaban J connectivity index is 1.38. The number of halogens is 3. The van der Waals surface area contributed by atoms with E-state index in [2.05, 4.69) is 31.9 Å². The normalized spacial score (nSPS) is 14.7. The Labute approximate surface area is 225 Å². The number of amides is 1. The van der Waals surface area contributed by atoms with E-state index in [1.165, 1.54) is 0 Å². The molecule has 200 valence electrons. The molecule has 39 heavy (non-hydrogen) atoms. The van der Waals surface area contributed by atoms with E-state index in [-0.39, 0.29) is 5.69 Å². The summed E-state index contributed by atoms with van der Waals surface area (Å²) in [5, 5.41) is 2.67. The quantitative estimate of drug-likeness (QED) is 0.374. The van der Waals surface area contributed by atoms with Crippen LogP contribution in [0.5, 0.6) is 0 Å². The molecule has 1 fully saturated rings. The van der Waals surface area contributed by atoms with Gasteiger partial charge in [0, 0.05) is 55.7 Å². The smallest absolute Gasteiger partial charge is 0.322 e. The van der Waals surface area contributed by atoms with Gasteiger partial charge in [-0.25, -0.2) is 4.98 Å². The molecule has 1 amide bonds. The van der Waals surface area contributed by atoms with Crippen LogP contribution in [0.15, 0.2) is 67.0 Å². The highest BCUT2D eigenvalue weighted by Crippen LogP contribution is 2.32. The third kappa shape index (κ3) is 6.30. The summed E-state index contributed by atoms with van der Waals surface area (Å²) in [6, 6.07) is 14.5. The molecule has 0 unspecified atom stereocenters. The summed E-state index contributed by atoms with van der Waals surface area (Å²) in [4.78, 5) is 21.7. The fourth-order valence-corrected chi connectivity index (χ4v) is 4.54. The lowest BCUT2D eigenvalue weighted by Crippen LogP contribution is -2.43. The van der Waals surface area contributed by atoms with Gasteiger partial charge in [0.2, 0.25) is 0 Å². The molecule has 1 aliphatic heterocycles. The predicted octanol–water partition coefficient (Wildman–Crippen LogP) is 5.06. The number of likely N-dealkylation sites (N-methyl/N-ethyl adjacent to an activating group) is 1. The van der Waals surface area contributed by atoms with Gasteiger partial charge in [-0.05, 0) is 73.5 Å². The molecule has 0 atom stereocenters. The molecule has 1 N–H and O–H groups in total. The summed E-state index contributed by atoms with van der Waals surface area (Å²) in [6.07, 6.45) is -0.972. The molecule has 6 nitrogen and oxygen atoms in total. The van der Waals surface area contributed by atoms with Crippen LogP contribution in [0, 0.1) is 18.8 Å². The molecular formula is C30H28F3N5O. The molecule has 5 rings (SSSR count). The number of nitrogens with zero attached hydrogens (tertiary/aromatic N) is 4. The molecular weight excluding hydrogens is 503 g/mol. The van der Waals surface area contributed by atoms with Crippen LogP contribution in [0.2, 0.25) is 0 Å². The number of anilines is 1. The lowest BCUT2D eigenvalue weighted by Gasteiger charge is -2.32. The van der Waals surface area contributed by atoms with Crippen LogP contribution in [0.25, 0.3) is 5.65 Å². The number of nitrogens with one attached hydrogen (secondary N) is 1. The van der Waals surface area contributed by atoms with Crippen molar-refractivity contribution in [3.63, 3.8) is 0 Å².